The van der Waals surface area contributed by atoms with E-state index in [4.69, 9.17) is 4.74 Å². The summed E-state index contributed by atoms with van der Waals surface area (Å²) >= 11 is 0. The quantitative estimate of drug-likeness (QED) is 0.833. The maximum atomic E-state index is 12.5. The van der Waals surface area contributed by atoms with Crippen molar-refractivity contribution < 1.29 is 9.53 Å². The molecule has 0 spiro atoms. The smallest absolute Gasteiger partial charge is 0.240 e. The van der Waals surface area contributed by atoms with Crippen LogP contribution in [0.5, 0.6) is 0 Å². The Hall–Kier alpha value is -1.08. The van der Waals surface area contributed by atoms with Gasteiger partial charge in [0, 0.05) is 19.3 Å². The van der Waals surface area contributed by atoms with Crippen LogP contribution in [0.15, 0.2) is 0 Å². The van der Waals surface area contributed by atoms with Crippen LogP contribution in [-0.2, 0) is 9.53 Å². The van der Waals surface area contributed by atoms with Gasteiger partial charge in [-0.3, -0.25) is 4.79 Å². The summed E-state index contributed by atoms with van der Waals surface area (Å²) < 4.78 is 5.28. The Balaban J connectivity index is 2.05. The first kappa shape index (κ1) is 14.3. The third kappa shape index (κ3) is 2.92. The molecule has 1 saturated heterocycles. The topological polar surface area (TPSA) is 62.1 Å². The second-order valence-electron chi connectivity index (χ2n) is 6.57. The maximum absolute atomic E-state index is 12.5. The Morgan fingerprint density at radius 2 is 1.95 bits per heavy atom. The van der Waals surface area contributed by atoms with Crippen LogP contribution in [0.2, 0.25) is 0 Å². The van der Waals surface area contributed by atoms with Gasteiger partial charge in [-0.15, -0.1) is 0 Å². The average molecular weight is 264 g/mol. The molecule has 1 N–H and O–H groups in total. The van der Waals surface area contributed by atoms with Crippen LogP contribution in [0, 0.1) is 22.2 Å². The van der Waals surface area contributed by atoms with Crippen molar-refractivity contribution in [1.82, 2.24) is 5.32 Å². The predicted octanol–water partition coefficient (Wildman–Crippen LogP) is 2.39. The van der Waals surface area contributed by atoms with Crippen molar-refractivity contribution in [3.63, 3.8) is 0 Å². The van der Waals surface area contributed by atoms with Gasteiger partial charge in [-0.05, 0) is 31.1 Å². The van der Waals surface area contributed by atoms with Crippen LogP contribution in [0.25, 0.3) is 0 Å². The van der Waals surface area contributed by atoms with Crippen molar-refractivity contribution in [3.05, 3.63) is 0 Å². The van der Waals surface area contributed by atoms with Gasteiger partial charge >= 0.3 is 0 Å². The highest BCUT2D eigenvalue weighted by Crippen LogP contribution is 2.37. The Morgan fingerprint density at radius 1 is 1.26 bits per heavy atom. The monoisotopic (exact) mass is 264 g/mol. The first-order chi connectivity index (χ1) is 9.00. The molecule has 0 bridgehead atoms. The summed E-state index contributed by atoms with van der Waals surface area (Å²) in [5.41, 5.74) is -0.735. The van der Waals surface area contributed by atoms with E-state index in [0.717, 1.165) is 19.3 Å². The summed E-state index contributed by atoms with van der Waals surface area (Å²) in [6, 6.07) is 2.44. The number of carbonyl (C=O) groups is 1. The Kier molecular flexibility index (Phi) is 4.15. The Labute approximate surface area is 115 Å². The lowest BCUT2D eigenvalue weighted by molar-refractivity contribution is -0.134. The molecule has 1 aliphatic carbocycles. The van der Waals surface area contributed by atoms with Crippen molar-refractivity contribution in [2.75, 3.05) is 13.2 Å². The molecule has 2 rings (SSSR count). The highest BCUT2D eigenvalue weighted by atomic mass is 16.5. The molecule has 0 radical (unpaired) electrons. The third-order valence-electron chi connectivity index (χ3n) is 4.81. The van der Waals surface area contributed by atoms with Gasteiger partial charge in [0.2, 0.25) is 5.91 Å². The predicted molar refractivity (Wildman–Crippen MR) is 72.3 cm³/mol. The molecule has 1 heterocycles. The minimum atomic E-state index is -0.869. The zero-order chi connectivity index (χ0) is 13.9. The number of hydrogen-bond acceptors (Lipinski definition) is 3. The molecule has 1 aliphatic heterocycles. The number of amides is 1. The third-order valence-corrected chi connectivity index (χ3v) is 4.81. The maximum Gasteiger partial charge on any atom is 0.240 e. The Bertz CT molecular complexity index is 378. The number of hydrogen-bond donors (Lipinski definition) is 1. The van der Waals surface area contributed by atoms with Gasteiger partial charge in [-0.25, -0.2) is 0 Å². The summed E-state index contributed by atoms with van der Waals surface area (Å²) in [6.45, 7) is 5.43. The summed E-state index contributed by atoms with van der Waals surface area (Å²) in [6.07, 6.45) is 5.59. The van der Waals surface area contributed by atoms with Crippen LogP contribution in [0.1, 0.15) is 52.4 Å². The highest BCUT2D eigenvalue weighted by molar-refractivity contribution is 5.85. The normalized spacial score (nSPS) is 29.2. The zero-order valence-corrected chi connectivity index (χ0v) is 12.0. The van der Waals surface area contributed by atoms with Gasteiger partial charge in [0.25, 0.3) is 0 Å². The fourth-order valence-corrected chi connectivity index (χ4v) is 3.17. The first-order valence-corrected chi connectivity index (χ1v) is 7.30. The van der Waals surface area contributed by atoms with E-state index in [0.29, 0.717) is 26.1 Å². The molecule has 0 aromatic rings. The van der Waals surface area contributed by atoms with Gasteiger partial charge < -0.3 is 10.1 Å². The number of rotatable bonds is 2. The molecule has 4 heteroatoms. The standard InChI is InChI=1S/C15H24N2O2/c1-14(2)6-4-3-5-12(14)17-13(18)15(11-16)7-9-19-10-8-15/h12H,3-10H2,1-2H3,(H,17,18). The number of nitrogens with zero attached hydrogens (tertiary/aromatic N) is 1. The zero-order valence-electron chi connectivity index (χ0n) is 12.0. The van der Waals surface area contributed by atoms with Gasteiger partial charge in [0.05, 0.1) is 6.07 Å². The highest BCUT2D eigenvalue weighted by Gasteiger charge is 2.43. The molecule has 0 aromatic carbocycles. The largest absolute Gasteiger partial charge is 0.381 e. The van der Waals surface area contributed by atoms with Crippen LogP contribution >= 0.6 is 0 Å². The molecular formula is C15H24N2O2. The molecule has 1 amide bonds. The average Bonchev–Trinajstić information content (AvgIpc) is 2.41. The van der Waals surface area contributed by atoms with Crippen molar-refractivity contribution in [2.45, 2.75) is 58.4 Å². The molecule has 0 aromatic heterocycles. The molecule has 106 valence electrons. The second-order valence-corrected chi connectivity index (χ2v) is 6.57. The molecule has 2 fully saturated rings. The molecule has 4 nitrogen and oxygen atoms in total. The SMILES string of the molecule is CC1(C)CCCCC1NC(=O)C1(C#N)CCOCC1. The van der Waals surface area contributed by atoms with Crippen LogP contribution in [-0.4, -0.2) is 25.2 Å². The van der Waals surface area contributed by atoms with E-state index < -0.39 is 5.41 Å². The summed E-state index contributed by atoms with van der Waals surface area (Å²) in [5.74, 6) is -0.0849. The van der Waals surface area contributed by atoms with E-state index in [1.54, 1.807) is 0 Å². The minimum absolute atomic E-state index is 0.0849. The summed E-state index contributed by atoms with van der Waals surface area (Å²) in [5, 5.41) is 12.6. The van der Waals surface area contributed by atoms with Crippen molar-refractivity contribution in [1.29, 1.82) is 5.26 Å². The number of carbonyl (C=O) groups excluding carboxylic acids is 1. The minimum Gasteiger partial charge on any atom is -0.381 e. The van der Waals surface area contributed by atoms with Gasteiger partial charge in [0.15, 0.2) is 0 Å². The molecule has 1 unspecified atom stereocenters. The second kappa shape index (κ2) is 5.50. The van der Waals surface area contributed by atoms with E-state index in [1.165, 1.54) is 6.42 Å². The number of nitrogens with one attached hydrogen (secondary N) is 1. The fraction of sp³-hybridized carbons (Fsp3) is 0.867. The van der Waals surface area contributed by atoms with Crippen molar-refractivity contribution in [3.8, 4) is 6.07 Å². The van der Waals surface area contributed by atoms with E-state index in [1.807, 2.05) is 0 Å². The summed E-state index contributed by atoms with van der Waals surface area (Å²) in [7, 11) is 0. The fourth-order valence-electron chi connectivity index (χ4n) is 3.17. The summed E-state index contributed by atoms with van der Waals surface area (Å²) in [4.78, 5) is 12.5. The lowest BCUT2D eigenvalue weighted by atomic mass is 9.72. The van der Waals surface area contributed by atoms with E-state index in [2.05, 4.69) is 25.2 Å². The lowest BCUT2D eigenvalue weighted by Crippen LogP contribution is -2.52. The van der Waals surface area contributed by atoms with Gasteiger partial charge in [-0.2, -0.15) is 5.26 Å². The van der Waals surface area contributed by atoms with Crippen LogP contribution in [0.4, 0.5) is 0 Å². The molecule has 1 atom stereocenters. The van der Waals surface area contributed by atoms with Gasteiger partial charge in [0.1, 0.15) is 5.41 Å². The first-order valence-electron chi connectivity index (χ1n) is 7.30. The van der Waals surface area contributed by atoms with E-state index >= 15 is 0 Å². The molecule has 19 heavy (non-hydrogen) atoms. The van der Waals surface area contributed by atoms with Crippen molar-refractivity contribution in [2.24, 2.45) is 10.8 Å². The van der Waals surface area contributed by atoms with Crippen molar-refractivity contribution >= 4 is 5.91 Å². The van der Waals surface area contributed by atoms with Gasteiger partial charge in [-0.1, -0.05) is 26.7 Å². The Morgan fingerprint density at radius 3 is 2.53 bits per heavy atom. The number of nitriles is 1. The molecule has 1 saturated carbocycles. The van der Waals surface area contributed by atoms with Crippen LogP contribution in [0.3, 0.4) is 0 Å². The lowest BCUT2D eigenvalue weighted by Gasteiger charge is -2.41. The van der Waals surface area contributed by atoms with E-state index in [-0.39, 0.29) is 17.4 Å². The molecule has 2 aliphatic rings. The van der Waals surface area contributed by atoms with Crippen LogP contribution < -0.4 is 5.32 Å². The molecular weight excluding hydrogens is 240 g/mol. The number of ether oxygens (including phenoxy) is 1. The van der Waals surface area contributed by atoms with E-state index in [9.17, 15) is 10.1 Å².